The predicted octanol–water partition coefficient (Wildman–Crippen LogP) is 1.84. The first-order valence-electron chi connectivity index (χ1n) is 10.4. The van der Waals surface area contributed by atoms with Crippen molar-refractivity contribution in [1.82, 2.24) is 4.90 Å². The molecule has 0 radical (unpaired) electrons. The quantitative estimate of drug-likeness (QED) is 0.330. The Labute approximate surface area is 165 Å². The van der Waals surface area contributed by atoms with Gasteiger partial charge in [0.25, 0.3) is 0 Å². The second-order valence-electron chi connectivity index (χ2n) is 7.21. The smallest absolute Gasteiger partial charge is 0.0704 e. The van der Waals surface area contributed by atoms with Gasteiger partial charge in [-0.2, -0.15) is 0 Å². The van der Waals surface area contributed by atoms with E-state index in [2.05, 4.69) is 18.7 Å². The lowest BCUT2D eigenvalue weighted by atomic mass is 10.1. The Kier molecular flexibility index (Phi) is 16.3. The van der Waals surface area contributed by atoms with E-state index in [1.165, 1.54) is 6.54 Å². The highest BCUT2D eigenvalue weighted by atomic mass is 16.6. The first-order chi connectivity index (χ1) is 13.2. The van der Waals surface area contributed by atoms with Crippen LogP contribution in [0, 0.1) is 5.92 Å². The molecule has 1 heterocycles. The normalized spacial score (nSPS) is 16.4. The third-order valence-corrected chi connectivity index (χ3v) is 4.29. The molecule has 1 aliphatic rings. The summed E-state index contributed by atoms with van der Waals surface area (Å²) in [6, 6.07) is 0. The van der Waals surface area contributed by atoms with Crippen molar-refractivity contribution in [3.8, 4) is 0 Å². The zero-order chi connectivity index (χ0) is 19.6. The van der Waals surface area contributed by atoms with Gasteiger partial charge < -0.3 is 33.3 Å². The van der Waals surface area contributed by atoms with Crippen LogP contribution in [0.15, 0.2) is 0 Å². The summed E-state index contributed by atoms with van der Waals surface area (Å²) in [5.74, 6) is 0.741. The van der Waals surface area contributed by atoms with Crippen LogP contribution in [0.4, 0.5) is 0 Å². The summed E-state index contributed by atoms with van der Waals surface area (Å²) in [6.07, 6.45) is 2.66. The van der Waals surface area contributed by atoms with Crippen molar-refractivity contribution in [2.45, 2.75) is 32.8 Å². The first-order valence-corrected chi connectivity index (χ1v) is 10.4. The topological polar surface area (TPSA) is 58.6 Å². The summed E-state index contributed by atoms with van der Waals surface area (Å²) in [5, 5.41) is 0. The van der Waals surface area contributed by atoms with Crippen molar-refractivity contribution in [3.05, 3.63) is 0 Å². The minimum atomic E-state index is 0.392. The second-order valence-corrected chi connectivity index (χ2v) is 7.21. The van der Waals surface area contributed by atoms with Crippen molar-refractivity contribution in [1.29, 1.82) is 0 Å². The van der Waals surface area contributed by atoms with Crippen molar-refractivity contribution in [2.75, 3.05) is 92.8 Å². The average Bonchev–Trinajstić information content (AvgIpc) is 2.66. The van der Waals surface area contributed by atoms with E-state index in [0.29, 0.717) is 72.2 Å². The first kappa shape index (κ1) is 24.8. The zero-order valence-corrected chi connectivity index (χ0v) is 17.7. The van der Waals surface area contributed by atoms with E-state index in [1.807, 2.05) is 0 Å². The van der Waals surface area contributed by atoms with E-state index >= 15 is 0 Å². The highest BCUT2D eigenvalue weighted by molar-refractivity contribution is 4.73. The van der Waals surface area contributed by atoms with Crippen molar-refractivity contribution < 1.29 is 28.4 Å². The summed E-state index contributed by atoms with van der Waals surface area (Å²) in [5.41, 5.74) is 0. The van der Waals surface area contributed by atoms with Crippen molar-refractivity contribution in [2.24, 2.45) is 5.92 Å². The molecule has 0 N–H and O–H groups in total. The largest absolute Gasteiger partial charge is 0.382 e. The molecule has 27 heavy (non-hydrogen) atoms. The van der Waals surface area contributed by atoms with Crippen LogP contribution in [0.25, 0.3) is 0 Å². The molecule has 162 valence electrons. The fourth-order valence-electron chi connectivity index (χ4n) is 2.95. The van der Waals surface area contributed by atoms with Gasteiger partial charge in [0.1, 0.15) is 0 Å². The molecule has 0 aromatic heterocycles. The molecule has 0 aromatic carbocycles. The summed E-state index contributed by atoms with van der Waals surface area (Å²) in [7, 11) is 1.66. The molecule has 0 saturated carbocycles. The fraction of sp³-hybridized carbons (Fsp3) is 1.00. The van der Waals surface area contributed by atoms with E-state index in [-0.39, 0.29) is 0 Å². The van der Waals surface area contributed by atoms with Crippen LogP contribution in [-0.2, 0) is 28.4 Å². The van der Waals surface area contributed by atoms with E-state index < -0.39 is 0 Å². The molecule has 0 aliphatic carbocycles. The second kappa shape index (κ2) is 17.8. The van der Waals surface area contributed by atoms with Crippen molar-refractivity contribution in [3.63, 3.8) is 0 Å². The SMILES string of the molecule is COCCOCCOCCOCCOCCOC1CCN(CC(C)C)CC1. The average molecular weight is 392 g/mol. The highest BCUT2D eigenvalue weighted by Crippen LogP contribution is 2.14. The van der Waals surface area contributed by atoms with Crippen LogP contribution in [0.1, 0.15) is 26.7 Å². The van der Waals surface area contributed by atoms with E-state index in [9.17, 15) is 0 Å². The third-order valence-electron chi connectivity index (χ3n) is 4.29. The molecule has 1 fully saturated rings. The van der Waals surface area contributed by atoms with Gasteiger partial charge in [0.15, 0.2) is 0 Å². The molecule has 1 aliphatic heterocycles. The molecule has 0 unspecified atom stereocenters. The number of nitrogens with zero attached hydrogens (tertiary/aromatic N) is 1. The van der Waals surface area contributed by atoms with Crippen LogP contribution >= 0.6 is 0 Å². The number of hydrogen-bond donors (Lipinski definition) is 0. The van der Waals surface area contributed by atoms with Gasteiger partial charge in [-0.15, -0.1) is 0 Å². The molecule has 7 nitrogen and oxygen atoms in total. The number of methoxy groups -OCH3 is 1. The van der Waals surface area contributed by atoms with Gasteiger partial charge in [0, 0.05) is 26.7 Å². The lowest BCUT2D eigenvalue weighted by Gasteiger charge is -2.32. The Balaban J connectivity index is 1.75. The Morgan fingerprint density at radius 1 is 0.704 bits per heavy atom. The summed E-state index contributed by atoms with van der Waals surface area (Å²) in [6.45, 7) is 14.1. The Hall–Kier alpha value is -0.280. The molecule has 0 amide bonds. The Morgan fingerprint density at radius 3 is 1.59 bits per heavy atom. The molecule has 0 aromatic rings. The van der Waals surface area contributed by atoms with Crippen molar-refractivity contribution >= 4 is 0 Å². The number of piperidine rings is 1. The summed E-state index contributed by atoms with van der Waals surface area (Å²) < 4.78 is 32.5. The molecule has 0 atom stereocenters. The third kappa shape index (κ3) is 15.3. The van der Waals surface area contributed by atoms with Gasteiger partial charge in [-0.3, -0.25) is 0 Å². The number of ether oxygens (including phenoxy) is 6. The fourth-order valence-corrected chi connectivity index (χ4v) is 2.95. The lowest BCUT2D eigenvalue weighted by molar-refractivity contribution is -0.0373. The predicted molar refractivity (Wildman–Crippen MR) is 105 cm³/mol. The molecule has 7 heteroatoms. The van der Waals surface area contributed by atoms with Crippen LogP contribution in [0.5, 0.6) is 0 Å². The van der Waals surface area contributed by atoms with Gasteiger partial charge in [-0.25, -0.2) is 0 Å². The summed E-state index contributed by atoms with van der Waals surface area (Å²) in [4.78, 5) is 2.54. The number of hydrogen-bond acceptors (Lipinski definition) is 7. The monoisotopic (exact) mass is 391 g/mol. The highest BCUT2D eigenvalue weighted by Gasteiger charge is 2.19. The van der Waals surface area contributed by atoms with Crippen LogP contribution in [-0.4, -0.2) is 104 Å². The van der Waals surface area contributed by atoms with Gasteiger partial charge in [-0.05, 0) is 18.8 Å². The van der Waals surface area contributed by atoms with E-state index in [0.717, 1.165) is 31.8 Å². The van der Waals surface area contributed by atoms with E-state index in [1.54, 1.807) is 7.11 Å². The van der Waals surface area contributed by atoms with Gasteiger partial charge in [0.05, 0.1) is 72.2 Å². The minimum absolute atomic E-state index is 0.392. The Morgan fingerprint density at radius 2 is 1.15 bits per heavy atom. The number of rotatable bonds is 18. The van der Waals surface area contributed by atoms with Crippen LogP contribution in [0.2, 0.25) is 0 Å². The van der Waals surface area contributed by atoms with Crippen LogP contribution < -0.4 is 0 Å². The van der Waals surface area contributed by atoms with Gasteiger partial charge in [0.2, 0.25) is 0 Å². The van der Waals surface area contributed by atoms with E-state index in [4.69, 9.17) is 28.4 Å². The van der Waals surface area contributed by atoms with Gasteiger partial charge in [-0.1, -0.05) is 13.8 Å². The maximum absolute atomic E-state index is 5.91. The minimum Gasteiger partial charge on any atom is -0.382 e. The maximum Gasteiger partial charge on any atom is 0.0704 e. The molecular formula is C20H41NO6. The number of likely N-dealkylation sites (tertiary alicyclic amines) is 1. The summed E-state index contributed by atoms with van der Waals surface area (Å²) >= 11 is 0. The zero-order valence-electron chi connectivity index (χ0n) is 17.7. The lowest BCUT2D eigenvalue weighted by Crippen LogP contribution is -2.39. The molecule has 1 rings (SSSR count). The maximum atomic E-state index is 5.91. The van der Waals surface area contributed by atoms with Crippen LogP contribution in [0.3, 0.4) is 0 Å². The Bertz CT molecular complexity index is 311. The van der Waals surface area contributed by atoms with Gasteiger partial charge >= 0.3 is 0 Å². The molecule has 0 bridgehead atoms. The molecule has 0 spiro atoms. The molecular weight excluding hydrogens is 350 g/mol. The standard InChI is InChI=1S/C20H41NO6/c1-19(2)18-21-6-4-20(5-7-21)27-17-16-26-15-14-25-13-12-24-11-10-23-9-8-22-3/h19-20H,4-18H2,1-3H3. The molecule has 1 saturated heterocycles.